The number of rotatable bonds is 3. The highest BCUT2D eigenvalue weighted by Gasteiger charge is 2.13. The second kappa shape index (κ2) is 7.61. The van der Waals surface area contributed by atoms with E-state index in [-0.39, 0.29) is 0 Å². The molecule has 0 amide bonds. The maximum absolute atomic E-state index is 8.71. The fourth-order valence-electron chi connectivity index (χ4n) is 2.27. The third kappa shape index (κ3) is 4.63. The molecule has 2 N–H and O–H groups in total. The molecule has 0 unspecified atom stereocenters. The normalized spacial score (nSPS) is 15.8. The van der Waals surface area contributed by atoms with Gasteiger partial charge in [-0.2, -0.15) is 10.4 Å². The van der Waals surface area contributed by atoms with Gasteiger partial charge in [0.25, 0.3) is 0 Å². The zero-order valence-corrected chi connectivity index (χ0v) is 12.1. The van der Waals surface area contributed by atoms with E-state index in [9.17, 15) is 0 Å². The zero-order valence-electron chi connectivity index (χ0n) is 11.3. The summed E-state index contributed by atoms with van der Waals surface area (Å²) in [6, 6.07) is 9.79. The molecule has 0 aliphatic heterocycles. The van der Waals surface area contributed by atoms with Crippen LogP contribution in [0.5, 0.6) is 0 Å². The van der Waals surface area contributed by atoms with Gasteiger partial charge in [0.15, 0.2) is 5.11 Å². The van der Waals surface area contributed by atoms with Crippen LogP contribution in [0.15, 0.2) is 29.4 Å². The molecule has 1 saturated carbocycles. The van der Waals surface area contributed by atoms with Crippen LogP contribution in [0.1, 0.15) is 43.2 Å². The highest BCUT2D eigenvalue weighted by atomic mass is 32.1. The summed E-state index contributed by atoms with van der Waals surface area (Å²) in [5, 5.41) is 16.7. The molecule has 1 fully saturated rings. The lowest BCUT2D eigenvalue weighted by atomic mass is 9.96. The number of nitrogens with zero attached hydrogens (tertiary/aromatic N) is 2. The van der Waals surface area contributed by atoms with Gasteiger partial charge in [-0.1, -0.05) is 31.4 Å². The predicted octanol–water partition coefficient (Wildman–Crippen LogP) is 2.69. The van der Waals surface area contributed by atoms with E-state index in [2.05, 4.69) is 21.9 Å². The zero-order chi connectivity index (χ0) is 14.2. The van der Waals surface area contributed by atoms with E-state index < -0.39 is 0 Å². The smallest absolute Gasteiger partial charge is 0.187 e. The summed E-state index contributed by atoms with van der Waals surface area (Å²) in [5.74, 6) is 0. The Labute approximate surface area is 124 Å². The molecule has 2 rings (SSSR count). The number of hydrazone groups is 1. The molecular formula is C15H18N4S. The fraction of sp³-hybridized carbons (Fsp3) is 0.400. The van der Waals surface area contributed by atoms with Gasteiger partial charge in [0.1, 0.15) is 0 Å². The lowest BCUT2D eigenvalue weighted by Crippen LogP contribution is -2.40. The minimum Gasteiger partial charge on any atom is -0.359 e. The van der Waals surface area contributed by atoms with Crippen LogP contribution in [0.25, 0.3) is 0 Å². The molecule has 0 spiro atoms. The van der Waals surface area contributed by atoms with E-state index in [1.807, 2.05) is 12.1 Å². The topological polar surface area (TPSA) is 60.2 Å². The summed E-state index contributed by atoms with van der Waals surface area (Å²) in [7, 11) is 0. The molecule has 5 heteroatoms. The van der Waals surface area contributed by atoms with E-state index in [0.29, 0.717) is 16.7 Å². The monoisotopic (exact) mass is 286 g/mol. The van der Waals surface area contributed by atoms with E-state index in [4.69, 9.17) is 17.5 Å². The summed E-state index contributed by atoms with van der Waals surface area (Å²) in [5.41, 5.74) is 4.40. The summed E-state index contributed by atoms with van der Waals surface area (Å²) in [6.07, 6.45) is 7.93. The van der Waals surface area contributed by atoms with Gasteiger partial charge in [-0.3, -0.25) is 5.43 Å². The van der Waals surface area contributed by atoms with Crippen molar-refractivity contribution in [3.8, 4) is 6.07 Å². The van der Waals surface area contributed by atoms with Gasteiger partial charge >= 0.3 is 0 Å². The van der Waals surface area contributed by atoms with Gasteiger partial charge < -0.3 is 5.32 Å². The van der Waals surface area contributed by atoms with Crippen molar-refractivity contribution in [1.29, 1.82) is 5.26 Å². The number of hydrogen-bond acceptors (Lipinski definition) is 3. The van der Waals surface area contributed by atoms with E-state index in [1.54, 1.807) is 18.3 Å². The molecule has 1 aromatic carbocycles. The number of benzene rings is 1. The molecule has 4 nitrogen and oxygen atoms in total. The number of nitrogens with one attached hydrogen (secondary N) is 2. The molecule has 1 aliphatic carbocycles. The van der Waals surface area contributed by atoms with Crippen LogP contribution in [0.4, 0.5) is 0 Å². The lowest BCUT2D eigenvalue weighted by Gasteiger charge is -2.23. The van der Waals surface area contributed by atoms with Crippen LogP contribution < -0.4 is 10.7 Å². The first-order chi connectivity index (χ1) is 9.78. The average molecular weight is 286 g/mol. The van der Waals surface area contributed by atoms with Gasteiger partial charge in [-0.25, -0.2) is 0 Å². The van der Waals surface area contributed by atoms with E-state index in [1.165, 1.54) is 32.1 Å². The fourth-order valence-corrected chi connectivity index (χ4v) is 2.49. The number of nitriles is 1. The molecule has 0 aromatic heterocycles. The van der Waals surface area contributed by atoms with Crippen LogP contribution in [-0.2, 0) is 0 Å². The third-order valence-corrected chi connectivity index (χ3v) is 3.57. The van der Waals surface area contributed by atoms with Crippen LogP contribution in [0, 0.1) is 11.3 Å². The van der Waals surface area contributed by atoms with Crippen molar-refractivity contribution in [2.24, 2.45) is 5.10 Å². The first kappa shape index (κ1) is 14.5. The Balaban J connectivity index is 1.77. The Morgan fingerprint density at radius 3 is 2.60 bits per heavy atom. The number of thiocarbonyl (C=S) groups is 1. The summed E-state index contributed by atoms with van der Waals surface area (Å²) in [4.78, 5) is 0. The maximum Gasteiger partial charge on any atom is 0.187 e. The van der Waals surface area contributed by atoms with Crippen molar-refractivity contribution in [3.05, 3.63) is 35.4 Å². The van der Waals surface area contributed by atoms with Crippen LogP contribution >= 0.6 is 12.2 Å². The average Bonchev–Trinajstić information content (AvgIpc) is 2.49. The quantitative estimate of drug-likeness (QED) is 0.509. The number of hydrogen-bond donors (Lipinski definition) is 2. The SMILES string of the molecule is N#Cc1ccc(/C=N\NC(=S)NC2CCCCC2)cc1. The van der Waals surface area contributed by atoms with Gasteiger partial charge in [0.05, 0.1) is 17.8 Å². The van der Waals surface area contributed by atoms with Crippen LogP contribution in [-0.4, -0.2) is 17.4 Å². The van der Waals surface area contributed by atoms with Crippen molar-refractivity contribution < 1.29 is 0 Å². The highest BCUT2D eigenvalue weighted by molar-refractivity contribution is 7.80. The molecule has 0 saturated heterocycles. The standard InChI is InChI=1S/C15H18N4S/c16-10-12-6-8-13(9-7-12)11-17-19-15(20)18-14-4-2-1-3-5-14/h6-9,11,14H,1-5H2,(H2,18,19,20)/b17-11-. The highest BCUT2D eigenvalue weighted by Crippen LogP contribution is 2.17. The van der Waals surface area contributed by atoms with Gasteiger partial charge in [-0.15, -0.1) is 0 Å². The maximum atomic E-state index is 8.71. The minimum absolute atomic E-state index is 0.480. The second-order valence-electron chi connectivity index (χ2n) is 4.91. The van der Waals surface area contributed by atoms with E-state index in [0.717, 1.165) is 5.56 Å². The Bertz CT molecular complexity index is 510. The second-order valence-corrected chi connectivity index (χ2v) is 5.32. The van der Waals surface area contributed by atoms with Crippen molar-refractivity contribution in [2.45, 2.75) is 38.1 Å². The lowest BCUT2D eigenvalue weighted by molar-refractivity contribution is 0.412. The molecule has 104 valence electrons. The Morgan fingerprint density at radius 2 is 1.95 bits per heavy atom. The molecule has 1 aliphatic rings. The van der Waals surface area contributed by atoms with Crippen molar-refractivity contribution in [2.75, 3.05) is 0 Å². The molecule has 1 aromatic rings. The van der Waals surface area contributed by atoms with E-state index >= 15 is 0 Å². The Morgan fingerprint density at radius 1 is 1.25 bits per heavy atom. The minimum atomic E-state index is 0.480. The van der Waals surface area contributed by atoms with Gasteiger partial charge in [-0.05, 0) is 42.8 Å². The van der Waals surface area contributed by atoms with Crippen molar-refractivity contribution in [3.63, 3.8) is 0 Å². The van der Waals surface area contributed by atoms with Crippen molar-refractivity contribution >= 4 is 23.5 Å². The Kier molecular flexibility index (Phi) is 5.51. The molecule has 0 heterocycles. The summed E-state index contributed by atoms with van der Waals surface area (Å²) in [6.45, 7) is 0. The molecule has 0 bridgehead atoms. The molecule has 0 radical (unpaired) electrons. The molecule has 0 atom stereocenters. The van der Waals surface area contributed by atoms with Gasteiger partial charge in [0, 0.05) is 6.04 Å². The van der Waals surface area contributed by atoms with Crippen LogP contribution in [0.2, 0.25) is 0 Å². The third-order valence-electron chi connectivity index (χ3n) is 3.36. The Hall–Kier alpha value is -1.93. The summed E-state index contributed by atoms with van der Waals surface area (Å²) >= 11 is 5.21. The summed E-state index contributed by atoms with van der Waals surface area (Å²) < 4.78 is 0. The molecular weight excluding hydrogens is 268 g/mol. The largest absolute Gasteiger partial charge is 0.359 e. The first-order valence-electron chi connectivity index (χ1n) is 6.87. The molecule has 20 heavy (non-hydrogen) atoms. The predicted molar refractivity (Wildman–Crippen MR) is 84.5 cm³/mol. The first-order valence-corrected chi connectivity index (χ1v) is 7.28. The van der Waals surface area contributed by atoms with Crippen molar-refractivity contribution in [1.82, 2.24) is 10.7 Å². The van der Waals surface area contributed by atoms with Gasteiger partial charge in [0.2, 0.25) is 0 Å². The van der Waals surface area contributed by atoms with Crippen LogP contribution in [0.3, 0.4) is 0 Å².